The molecule has 0 atom stereocenters. The molecule has 0 spiro atoms. The molecule has 62 valence electrons. The molecule has 1 rings (SSSR count). The van der Waals surface area contributed by atoms with E-state index < -0.39 is 0 Å². The summed E-state index contributed by atoms with van der Waals surface area (Å²) in [6.07, 6.45) is 3.35. The summed E-state index contributed by atoms with van der Waals surface area (Å²) in [6, 6.07) is 3.45. The Morgan fingerprint density at radius 3 is 3.00 bits per heavy atom. The van der Waals surface area contributed by atoms with Crippen LogP contribution in [0, 0.1) is 11.5 Å². The van der Waals surface area contributed by atoms with Crippen molar-refractivity contribution in [1.82, 2.24) is 4.98 Å². The summed E-state index contributed by atoms with van der Waals surface area (Å²) in [4.78, 5) is 3.95. The molecule has 0 saturated carbocycles. The minimum atomic E-state index is 0.570. The fourth-order valence-electron chi connectivity index (χ4n) is 0.752. The zero-order valence-corrected chi connectivity index (χ0v) is 6.74. The lowest BCUT2D eigenvalue weighted by molar-refractivity contribution is 0.327. The molecule has 0 radical (unpaired) electrons. The summed E-state index contributed by atoms with van der Waals surface area (Å²) < 4.78 is 5.12. The molecular weight excluding hydrogens is 154 g/mol. The van der Waals surface area contributed by atoms with Gasteiger partial charge in [0.15, 0.2) is 6.19 Å². The van der Waals surface area contributed by atoms with Crippen molar-refractivity contribution in [2.75, 3.05) is 11.9 Å². The van der Waals surface area contributed by atoms with Gasteiger partial charge < -0.3 is 4.74 Å². The third kappa shape index (κ3) is 2.13. The van der Waals surface area contributed by atoms with E-state index >= 15 is 0 Å². The Labute approximate surface area is 70.8 Å². The van der Waals surface area contributed by atoms with Gasteiger partial charge in [0, 0.05) is 6.07 Å². The standard InChI is InChI=1S/C8H9N3O/c1-2-12-8-4-3-7(5-10-8)11-6-9/h3-5,11H,2H2,1H3. The average molecular weight is 163 g/mol. The lowest BCUT2D eigenvalue weighted by Gasteiger charge is -2.01. The molecule has 0 aliphatic heterocycles. The number of nitrogens with one attached hydrogen (secondary N) is 1. The Hall–Kier alpha value is -1.76. The number of ether oxygens (including phenoxy) is 1. The predicted molar refractivity (Wildman–Crippen MR) is 44.6 cm³/mol. The van der Waals surface area contributed by atoms with Crippen molar-refractivity contribution < 1.29 is 4.74 Å². The Morgan fingerprint density at radius 2 is 2.50 bits per heavy atom. The molecule has 0 fully saturated rings. The number of anilines is 1. The molecule has 0 aromatic carbocycles. The van der Waals surface area contributed by atoms with Gasteiger partial charge in [-0.05, 0) is 13.0 Å². The zero-order chi connectivity index (χ0) is 8.81. The van der Waals surface area contributed by atoms with Crippen LogP contribution in [0.5, 0.6) is 5.88 Å². The highest BCUT2D eigenvalue weighted by molar-refractivity contribution is 5.45. The molecule has 4 heteroatoms. The molecule has 0 aliphatic carbocycles. The van der Waals surface area contributed by atoms with Crippen LogP contribution in [0.1, 0.15) is 6.92 Å². The Kier molecular flexibility index (Phi) is 2.91. The molecule has 0 aliphatic rings. The first-order valence-corrected chi connectivity index (χ1v) is 3.60. The molecular formula is C8H9N3O. The fraction of sp³-hybridized carbons (Fsp3) is 0.250. The molecule has 1 N–H and O–H groups in total. The van der Waals surface area contributed by atoms with Crippen molar-refractivity contribution in [1.29, 1.82) is 5.26 Å². The van der Waals surface area contributed by atoms with E-state index in [-0.39, 0.29) is 0 Å². The second-order valence-electron chi connectivity index (χ2n) is 2.05. The minimum absolute atomic E-state index is 0.570. The van der Waals surface area contributed by atoms with Crippen molar-refractivity contribution in [3.63, 3.8) is 0 Å². The summed E-state index contributed by atoms with van der Waals surface area (Å²) in [5.41, 5.74) is 0.668. The minimum Gasteiger partial charge on any atom is -0.478 e. The molecule has 12 heavy (non-hydrogen) atoms. The van der Waals surface area contributed by atoms with Crippen LogP contribution >= 0.6 is 0 Å². The molecule has 0 unspecified atom stereocenters. The number of rotatable bonds is 3. The highest BCUT2D eigenvalue weighted by atomic mass is 16.5. The second kappa shape index (κ2) is 4.19. The lowest BCUT2D eigenvalue weighted by atomic mass is 10.4. The van der Waals surface area contributed by atoms with E-state index in [4.69, 9.17) is 10.00 Å². The maximum Gasteiger partial charge on any atom is 0.213 e. The summed E-state index contributed by atoms with van der Waals surface area (Å²) >= 11 is 0. The van der Waals surface area contributed by atoms with E-state index in [0.717, 1.165) is 0 Å². The molecule has 4 nitrogen and oxygen atoms in total. The normalized spacial score (nSPS) is 8.67. The number of nitriles is 1. The first kappa shape index (κ1) is 8.34. The number of hydrogen-bond donors (Lipinski definition) is 1. The largest absolute Gasteiger partial charge is 0.478 e. The monoisotopic (exact) mass is 163 g/mol. The van der Waals surface area contributed by atoms with E-state index in [1.165, 1.54) is 0 Å². The maximum absolute atomic E-state index is 8.27. The molecule has 0 amide bonds. The van der Waals surface area contributed by atoms with Crippen LogP contribution in [-0.4, -0.2) is 11.6 Å². The van der Waals surface area contributed by atoms with Crippen LogP contribution in [0.25, 0.3) is 0 Å². The van der Waals surface area contributed by atoms with Crippen molar-refractivity contribution in [2.45, 2.75) is 6.92 Å². The van der Waals surface area contributed by atoms with Gasteiger partial charge in [-0.1, -0.05) is 0 Å². The third-order valence-corrected chi connectivity index (χ3v) is 1.23. The molecule has 1 aromatic rings. The summed E-state index contributed by atoms with van der Waals surface area (Å²) in [6.45, 7) is 2.49. The quantitative estimate of drug-likeness (QED) is 0.540. The SMILES string of the molecule is CCOc1ccc(NC#N)cn1. The average Bonchev–Trinajstić information content (AvgIpc) is 2.09. The van der Waals surface area contributed by atoms with E-state index in [0.29, 0.717) is 18.2 Å². The van der Waals surface area contributed by atoms with Gasteiger partial charge in [-0.25, -0.2) is 4.98 Å². The van der Waals surface area contributed by atoms with E-state index in [9.17, 15) is 0 Å². The number of nitrogens with zero attached hydrogens (tertiary/aromatic N) is 2. The van der Waals surface area contributed by atoms with Crippen molar-refractivity contribution in [3.8, 4) is 12.1 Å². The zero-order valence-electron chi connectivity index (χ0n) is 6.74. The van der Waals surface area contributed by atoms with Gasteiger partial charge in [0.1, 0.15) is 0 Å². The predicted octanol–water partition coefficient (Wildman–Crippen LogP) is 1.37. The Balaban J connectivity index is 2.66. The van der Waals surface area contributed by atoms with E-state index in [2.05, 4.69) is 10.3 Å². The van der Waals surface area contributed by atoms with Crippen molar-refractivity contribution in [2.24, 2.45) is 0 Å². The highest BCUT2D eigenvalue weighted by Gasteiger charge is 1.93. The second-order valence-corrected chi connectivity index (χ2v) is 2.05. The summed E-state index contributed by atoms with van der Waals surface area (Å²) in [7, 11) is 0. The van der Waals surface area contributed by atoms with Gasteiger partial charge in [0.2, 0.25) is 5.88 Å². The van der Waals surface area contributed by atoms with Crippen LogP contribution in [0.4, 0.5) is 5.69 Å². The topological polar surface area (TPSA) is 57.9 Å². The molecule has 1 heterocycles. The van der Waals surface area contributed by atoms with Gasteiger partial charge in [-0.3, -0.25) is 5.32 Å². The summed E-state index contributed by atoms with van der Waals surface area (Å²) in [5.74, 6) is 0.570. The van der Waals surface area contributed by atoms with Crippen molar-refractivity contribution in [3.05, 3.63) is 18.3 Å². The third-order valence-electron chi connectivity index (χ3n) is 1.23. The van der Waals surface area contributed by atoms with Gasteiger partial charge in [0.05, 0.1) is 18.5 Å². The van der Waals surface area contributed by atoms with Gasteiger partial charge in [-0.15, -0.1) is 0 Å². The van der Waals surface area contributed by atoms with Crippen LogP contribution in [-0.2, 0) is 0 Å². The first-order valence-electron chi connectivity index (χ1n) is 3.60. The molecule has 0 bridgehead atoms. The number of pyridine rings is 1. The molecule has 1 aromatic heterocycles. The molecule has 0 saturated heterocycles. The van der Waals surface area contributed by atoms with Gasteiger partial charge >= 0.3 is 0 Å². The smallest absolute Gasteiger partial charge is 0.213 e. The Bertz CT molecular complexity index is 275. The van der Waals surface area contributed by atoms with Crippen LogP contribution in [0.2, 0.25) is 0 Å². The number of aromatic nitrogens is 1. The lowest BCUT2D eigenvalue weighted by Crippen LogP contribution is -1.94. The van der Waals surface area contributed by atoms with E-state index in [1.54, 1.807) is 24.5 Å². The van der Waals surface area contributed by atoms with Crippen molar-refractivity contribution >= 4 is 5.69 Å². The first-order chi connectivity index (χ1) is 5.86. The van der Waals surface area contributed by atoms with Crippen LogP contribution < -0.4 is 10.1 Å². The van der Waals surface area contributed by atoms with Gasteiger partial charge in [-0.2, -0.15) is 5.26 Å². The van der Waals surface area contributed by atoms with E-state index in [1.807, 2.05) is 6.92 Å². The number of hydrogen-bond acceptors (Lipinski definition) is 4. The highest BCUT2D eigenvalue weighted by Crippen LogP contribution is 2.10. The maximum atomic E-state index is 8.27. The Morgan fingerprint density at radius 1 is 1.67 bits per heavy atom. The van der Waals surface area contributed by atoms with Crippen LogP contribution in [0.15, 0.2) is 18.3 Å². The van der Waals surface area contributed by atoms with Gasteiger partial charge in [0.25, 0.3) is 0 Å². The summed E-state index contributed by atoms with van der Waals surface area (Å²) in [5, 5.41) is 10.7. The van der Waals surface area contributed by atoms with Crippen LogP contribution in [0.3, 0.4) is 0 Å². The fourth-order valence-corrected chi connectivity index (χ4v) is 0.752.